The number of hydrogen-bond donors (Lipinski definition) is 1. The fourth-order valence-electron chi connectivity index (χ4n) is 2.25. The van der Waals surface area contributed by atoms with Crippen LogP contribution < -0.4 is 10.1 Å². The summed E-state index contributed by atoms with van der Waals surface area (Å²) >= 11 is 0. The van der Waals surface area contributed by atoms with Crippen molar-refractivity contribution in [2.45, 2.75) is 37.9 Å². The number of halogens is 3. The molecule has 0 radical (unpaired) electrons. The lowest BCUT2D eigenvalue weighted by molar-refractivity contribution is -0.137. The van der Waals surface area contributed by atoms with Gasteiger partial charge in [0.2, 0.25) is 0 Å². The number of carbonyl (C=O) groups is 1. The quantitative estimate of drug-likeness (QED) is 0.924. The SMILES string of the molecule is O=C(COc1cccc(C(F)(F)F)c1)NC1CCCC1. The van der Waals surface area contributed by atoms with E-state index in [2.05, 4.69) is 5.32 Å². The first-order chi connectivity index (χ1) is 9.45. The van der Waals surface area contributed by atoms with E-state index < -0.39 is 11.7 Å². The molecule has 1 aromatic rings. The first-order valence-electron chi connectivity index (χ1n) is 6.54. The van der Waals surface area contributed by atoms with Crippen LogP contribution in [0.4, 0.5) is 13.2 Å². The van der Waals surface area contributed by atoms with E-state index in [1.165, 1.54) is 12.1 Å². The molecule has 0 aromatic heterocycles. The molecule has 0 heterocycles. The van der Waals surface area contributed by atoms with Crippen molar-refractivity contribution in [3.63, 3.8) is 0 Å². The number of hydrogen-bond acceptors (Lipinski definition) is 2. The van der Waals surface area contributed by atoms with Crippen LogP contribution in [-0.4, -0.2) is 18.6 Å². The summed E-state index contributed by atoms with van der Waals surface area (Å²) in [6.07, 6.45) is -0.311. The molecule has 0 spiro atoms. The number of benzene rings is 1. The predicted molar refractivity (Wildman–Crippen MR) is 67.3 cm³/mol. The van der Waals surface area contributed by atoms with E-state index in [1.807, 2.05) is 0 Å². The Morgan fingerprint density at radius 2 is 2.00 bits per heavy atom. The van der Waals surface area contributed by atoms with Crippen LogP contribution in [0.25, 0.3) is 0 Å². The maximum Gasteiger partial charge on any atom is 0.416 e. The van der Waals surface area contributed by atoms with Crippen LogP contribution in [0.5, 0.6) is 5.75 Å². The van der Waals surface area contributed by atoms with E-state index in [0.717, 1.165) is 37.8 Å². The lowest BCUT2D eigenvalue weighted by Gasteiger charge is -2.13. The van der Waals surface area contributed by atoms with Crippen molar-refractivity contribution in [3.05, 3.63) is 29.8 Å². The maximum atomic E-state index is 12.5. The minimum absolute atomic E-state index is 0.0430. The summed E-state index contributed by atoms with van der Waals surface area (Å²) in [5.41, 5.74) is -0.786. The van der Waals surface area contributed by atoms with Crippen LogP contribution in [0.1, 0.15) is 31.2 Å². The Bertz CT molecular complexity index is 468. The van der Waals surface area contributed by atoms with Crippen LogP contribution in [0.15, 0.2) is 24.3 Å². The molecule has 0 saturated heterocycles. The molecular formula is C14H16F3NO2. The zero-order valence-corrected chi connectivity index (χ0v) is 10.9. The van der Waals surface area contributed by atoms with Gasteiger partial charge in [-0.25, -0.2) is 0 Å². The predicted octanol–water partition coefficient (Wildman–Crippen LogP) is 3.14. The van der Waals surface area contributed by atoms with Crippen LogP contribution in [0.3, 0.4) is 0 Å². The minimum Gasteiger partial charge on any atom is -0.484 e. The number of carbonyl (C=O) groups excluding carboxylic acids is 1. The molecular weight excluding hydrogens is 271 g/mol. The third kappa shape index (κ3) is 4.15. The molecule has 0 unspecified atom stereocenters. The molecule has 1 fully saturated rings. The zero-order valence-electron chi connectivity index (χ0n) is 10.9. The van der Waals surface area contributed by atoms with E-state index in [1.54, 1.807) is 0 Å². The van der Waals surface area contributed by atoms with Crippen molar-refractivity contribution in [2.24, 2.45) is 0 Å². The molecule has 1 aliphatic carbocycles. The maximum absolute atomic E-state index is 12.5. The number of alkyl halides is 3. The van der Waals surface area contributed by atoms with Gasteiger partial charge in [-0.1, -0.05) is 18.9 Å². The van der Waals surface area contributed by atoms with Gasteiger partial charge in [-0.15, -0.1) is 0 Å². The second-order valence-corrected chi connectivity index (χ2v) is 4.86. The fraction of sp³-hybridized carbons (Fsp3) is 0.500. The van der Waals surface area contributed by atoms with Crippen molar-refractivity contribution in [3.8, 4) is 5.75 Å². The molecule has 20 heavy (non-hydrogen) atoms. The van der Waals surface area contributed by atoms with E-state index in [9.17, 15) is 18.0 Å². The molecule has 6 heteroatoms. The molecule has 1 N–H and O–H groups in total. The lowest BCUT2D eigenvalue weighted by Crippen LogP contribution is -2.36. The largest absolute Gasteiger partial charge is 0.484 e. The van der Waals surface area contributed by atoms with Crippen LogP contribution >= 0.6 is 0 Å². The highest BCUT2D eigenvalue weighted by Gasteiger charge is 2.30. The van der Waals surface area contributed by atoms with Gasteiger partial charge in [0.25, 0.3) is 5.91 Å². The Morgan fingerprint density at radius 3 is 2.65 bits per heavy atom. The molecule has 0 bridgehead atoms. The molecule has 1 aromatic carbocycles. The second-order valence-electron chi connectivity index (χ2n) is 4.86. The second kappa shape index (κ2) is 6.15. The molecule has 0 aliphatic heterocycles. The van der Waals surface area contributed by atoms with E-state index >= 15 is 0 Å². The third-order valence-electron chi connectivity index (χ3n) is 3.25. The van der Waals surface area contributed by atoms with Crippen LogP contribution in [-0.2, 0) is 11.0 Å². The molecule has 1 saturated carbocycles. The Labute approximate surface area is 115 Å². The summed E-state index contributed by atoms with van der Waals surface area (Å²) in [6, 6.07) is 4.69. The highest BCUT2D eigenvalue weighted by Crippen LogP contribution is 2.31. The first kappa shape index (κ1) is 14.7. The van der Waals surface area contributed by atoms with Gasteiger partial charge >= 0.3 is 6.18 Å². The Hall–Kier alpha value is -1.72. The minimum atomic E-state index is -4.41. The van der Waals surface area contributed by atoms with Gasteiger partial charge < -0.3 is 10.1 Å². The Balaban J connectivity index is 1.85. The summed E-state index contributed by atoms with van der Waals surface area (Å²) in [7, 11) is 0. The van der Waals surface area contributed by atoms with Gasteiger partial charge in [0.05, 0.1) is 5.56 Å². The lowest BCUT2D eigenvalue weighted by atomic mass is 10.2. The van der Waals surface area contributed by atoms with Gasteiger partial charge in [0, 0.05) is 6.04 Å². The standard InChI is InChI=1S/C14H16F3NO2/c15-14(16,17)10-4-3-7-12(8-10)20-9-13(19)18-11-5-1-2-6-11/h3-4,7-8,11H,1-2,5-6,9H2,(H,18,19). The molecule has 3 nitrogen and oxygen atoms in total. The smallest absolute Gasteiger partial charge is 0.416 e. The number of amides is 1. The van der Waals surface area contributed by atoms with Gasteiger partial charge in [0.15, 0.2) is 6.61 Å². The normalized spacial score (nSPS) is 16.1. The summed E-state index contributed by atoms with van der Waals surface area (Å²) in [5, 5.41) is 2.81. The third-order valence-corrected chi connectivity index (χ3v) is 3.25. The monoisotopic (exact) mass is 287 g/mol. The first-order valence-corrected chi connectivity index (χ1v) is 6.54. The summed E-state index contributed by atoms with van der Waals surface area (Å²) in [6.45, 7) is -0.266. The number of nitrogens with one attached hydrogen (secondary N) is 1. The van der Waals surface area contributed by atoms with Crippen LogP contribution in [0, 0.1) is 0 Å². The van der Waals surface area contributed by atoms with Crippen molar-refractivity contribution in [1.29, 1.82) is 0 Å². The average molecular weight is 287 g/mol. The van der Waals surface area contributed by atoms with Crippen molar-refractivity contribution < 1.29 is 22.7 Å². The van der Waals surface area contributed by atoms with Crippen molar-refractivity contribution >= 4 is 5.91 Å². The van der Waals surface area contributed by atoms with Gasteiger partial charge in [0.1, 0.15) is 5.75 Å². The van der Waals surface area contributed by atoms with E-state index in [-0.39, 0.29) is 24.3 Å². The van der Waals surface area contributed by atoms with Crippen molar-refractivity contribution in [1.82, 2.24) is 5.32 Å². The highest BCUT2D eigenvalue weighted by molar-refractivity contribution is 5.77. The van der Waals surface area contributed by atoms with Gasteiger partial charge in [-0.3, -0.25) is 4.79 Å². The molecule has 1 aliphatic rings. The average Bonchev–Trinajstić information content (AvgIpc) is 2.88. The van der Waals surface area contributed by atoms with Gasteiger partial charge in [-0.2, -0.15) is 13.2 Å². The fourth-order valence-corrected chi connectivity index (χ4v) is 2.25. The summed E-state index contributed by atoms with van der Waals surface area (Å²) < 4.78 is 42.6. The van der Waals surface area contributed by atoms with Crippen LogP contribution in [0.2, 0.25) is 0 Å². The Morgan fingerprint density at radius 1 is 1.30 bits per heavy atom. The molecule has 2 rings (SSSR count). The molecule has 110 valence electrons. The zero-order chi connectivity index (χ0) is 14.6. The molecule has 1 amide bonds. The van der Waals surface area contributed by atoms with E-state index in [4.69, 9.17) is 4.74 Å². The topological polar surface area (TPSA) is 38.3 Å². The van der Waals surface area contributed by atoms with Gasteiger partial charge in [-0.05, 0) is 31.0 Å². The molecule has 0 atom stereocenters. The number of ether oxygens (including phenoxy) is 1. The van der Waals surface area contributed by atoms with E-state index in [0.29, 0.717) is 0 Å². The Kier molecular flexibility index (Phi) is 4.52. The highest BCUT2D eigenvalue weighted by atomic mass is 19.4. The van der Waals surface area contributed by atoms with Crippen molar-refractivity contribution in [2.75, 3.05) is 6.61 Å². The number of rotatable bonds is 4. The summed E-state index contributed by atoms with van der Waals surface area (Å²) in [5.74, 6) is -0.254. The summed E-state index contributed by atoms with van der Waals surface area (Å²) in [4.78, 5) is 11.6.